The molecular formula is MoNiS4-6. The zero-order valence-corrected chi connectivity index (χ0v) is 8.62. The maximum absolute atomic E-state index is 0. The van der Waals surface area contributed by atoms with E-state index in [1.807, 2.05) is 0 Å². The van der Waals surface area contributed by atoms with Gasteiger partial charge < -0.3 is 54.0 Å². The van der Waals surface area contributed by atoms with Crippen molar-refractivity contribution in [1.29, 1.82) is 0 Å². The smallest absolute Gasteiger partial charge is 2.00 e. The monoisotopic (exact) mass is 284 g/mol. The summed E-state index contributed by atoms with van der Waals surface area (Å²) in [5, 5.41) is 0. The van der Waals surface area contributed by atoms with E-state index in [-0.39, 0.29) is 91.5 Å². The van der Waals surface area contributed by atoms with Gasteiger partial charge in [-0.05, 0) is 0 Å². The van der Waals surface area contributed by atoms with Crippen molar-refractivity contribution in [3.8, 4) is 0 Å². The molecule has 6 heteroatoms. The fourth-order valence-electron chi connectivity index (χ4n) is 0. The van der Waals surface area contributed by atoms with Crippen LogP contribution in [-0.2, 0) is 91.5 Å². The standard InChI is InChI=1S/Mo.Ni.4S/q;+2;4*-2. The average molecular weight is 283 g/mol. The van der Waals surface area contributed by atoms with Crippen LogP contribution in [0.4, 0.5) is 0 Å². The van der Waals surface area contributed by atoms with Crippen molar-refractivity contribution in [1.82, 2.24) is 0 Å². The molecule has 0 atom stereocenters. The van der Waals surface area contributed by atoms with Gasteiger partial charge in [-0.25, -0.2) is 0 Å². The molecule has 0 aromatic rings. The number of hydrogen-bond donors (Lipinski definition) is 0. The fourth-order valence-corrected chi connectivity index (χ4v) is 0. The molecule has 0 nitrogen and oxygen atoms in total. The molecule has 0 aliphatic carbocycles. The van der Waals surface area contributed by atoms with Crippen LogP contribution >= 0.6 is 0 Å². The summed E-state index contributed by atoms with van der Waals surface area (Å²) in [6, 6.07) is 0. The first-order valence-corrected chi connectivity index (χ1v) is 0. The molecule has 0 saturated carbocycles. The van der Waals surface area contributed by atoms with Crippen LogP contribution in [0.1, 0.15) is 0 Å². The van der Waals surface area contributed by atoms with Crippen molar-refractivity contribution in [3.05, 3.63) is 0 Å². The minimum atomic E-state index is 0. The second kappa shape index (κ2) is 49.3. The molecule has 46 valence electrons. The van der Waals surface area contributed by atoms with E-state index in [4.69, 9.17) is 0 Å². The zero-order chi connectivity index (χ0) is 0. The predicted octanol–water partition coefficient (Wildman–Crippen LogP) is -0.0146. The molecule has 0 unspecified atom stereocenters. The molecular weight excluding hydrogens is 283 g/mol. The Morgan fingerprint density at radius 2 is 0.500 bits per heavy atom. The summed E-state index contributed by atoms with van der Waals surface area (Å²) in [6.45, 7) is 0. The Kier molecular flexibility index (Phi) is 608. The maximum atomic E-state index is 0. The third-order valence-electron chi connectivity index (χ3n) is 0. The molecule has 0 aromatic carbocycles. The molecule has 0 amide bonds. The van der Waals surface area contributed by atoms with Gasteiger partial charge in [-0.2, -0.15) is 0 Å². The molecule has 0 aliphatic rings. The first-order valence-electron chi connectivity index (χ1n) is 0. The van der Waals surface area contributed by atoms with Crippen molar-refractivity contribution in [2.24, 2.45) is 0 Å². The van der Waals surface area contributed by atoms with Gasteiger partial charge >= 0.3 is 16.5 Å². The van der Waals surface area contributed by atoms with Crippen molar-refractivity contribution in [3.63, 3.8) is 0 Å². The number of rotatable bonds is 0. The van der Waals surface area contributed by atoms with Crippen molar-refractivity contribution < 1.29 is 37.6 Å². The molecule has 0 bridgehead atoms. The van der Waals surface area contributed by atoms with E-state index in [0.717, 1.165) is 0 Å². The Hall–Kier alpha value is 2.58. The van der Waals surface area contributed by atoms with Crippen LogP contribution in [0.3, 0.4) is 0 Å². The summed E-state index contributed by atoms with van der Waals surface area (Å²) in [4.78, 5) is 0. The van der Waals surface area contributed by atoms with E-state index in [0.29, 0.717) is 0 Å². The van der Waals surface area contributed by atoms with E-state index < -0.39 is 0 Å². The minimum absolute atomic E-state index is 0. The summed E-state index contributed by atoms with van der Waals surface area (Å²) in [5.41, 5.74) is 0. The molecule has 0 saturated heterocycles. The van der Waals surface area contributed by atoms with Crippen LogP contribution < -0.4 is 0 Å². The van der Waals surface area contributed by atoms with Crippen molar-refractivity contribution >= 4 is 54.0 Å². The Bertz CT molecular complexity index is 7.51. The van der Waals surface area contributed by atoms with Gasteiger partial charge in [0.2, 0.25) is 0 Å². The van der Waals surface area contributed by atoms with Gasteiger partial charge in [0.1, 0.15) is 0 Å². The summed E-state index contributed by atoms with van der Waals surface area (Å²) < 4.78 is 0. The molecule has 0 fully saturated rings. The first-order chi connectivity index (χ1) is 0. The molecule has 0 aliphatic heterocycles. The van der Waals surface area contributed by atoms with E-state index in [1.165, 1.54) is 0 Å². The molecule has 6 heavy (non-hydrogen) atoms. The van der Waals surface area contributed by atoms with Gasteiger partial charge in [-0.15, -0.1) is 0 Å². The zero-order valence-electron chi connectivity index (χ0n) is 2.36. The second-order valence-corrected chi connectivity index (χ2v) is 0. The Labute approximate surface area is 90.6 Å². The maximum Gasteiger partial charge on any atom is 2.00 e. The van der Waals surface area contributed by atoms with Crippen LogP contribution in [0.2, 0.25) is 0 Å². The van der Waals surface area contributed by atoms with E-state index >= 15 is 0 Å². The molecule has 0 aromatic heterocycles. The summed E-state index contributed by atoms with van der Waals surface area (Å²) in [5.74, 6) is 0. The SMILES string of the molecule is [Mo].[Ni+2].[S-2].[S-2].[S-2].[S-2]. The van der Waals surface area contributed by atoms with Gasteiger partial charge in [0, 0.05) is 21.1 Å². The van der Waals surface area contributed by atoms with Crippen LogP contribution in [0.5, 0.6) is 0 Å². The van der Waals surface area contributed by atoms with Crippen LogP contribution in [-0.4, -0.2) is 0 Å². The third kappa shape index (κ3) is 30.8. The van der Waals surface area contributed by atoms with Crippen molar-refractivity contribution in [2.45, 2.75) is 0 Å². The van der Waals surface area contributed by atoms with Gasteiger partial charge in [-0.3, -0.25) is 0 Å². The summed E-state index contributed by atoms with van der Waals surface area (Å²) >= 11 is 0. The molecule has 0 N–H and O–H groups in total. The summed E-state index contributed by atoms with van der Waals surface area (Å²) in [7, 11) is 0. The third-order valence-corrected chi connectivity index (χ3v) is 0. The minimum Gasteiger partial charge on any atom is -2.00 e. The van der Waals surface area contributed by atoms with E-state index in [2.05, 4.69) is 0 Å². The van der Waals surface area contributed by atoms with Crippen LogP contribution in [0, 0.1) is 0 Å². The molecule has 0 heterocycles. The van der Waals surface area contributed by atoms with Gasteiger partial charge in [0.15, 0.2) is 0 Å². The molecule has 0 spiro atoms. The molecule has 0 rings (SSSR count). The van der Waals surface area contributed by atoms with Gasteiger partial charge in [-0.1, -0.05) is 0 Å². The first kappa shape index (κ1) is 74.0. The average Bonchev–Trinajstić information content (AvgIpc) is 0. The second-order valence-electron chi connectivity index (χ2n) is 0. The topological polar surface area (TPSA) is 0 Å². The van der Waals surface area contributed by atoms with Crippen LogP contribution in [0.15, 0.2) is 0 Å². The van der Waals surface area contributed by atoms with Gasteiger partial charge in [0.05, 0.1) is 0 Å². The predicted molar refractivity (Wildman–Crippen MR) is 29.5 cm³/mol. The largest absolute Gasteiger partial charge is 2.00 e. The Morgan fingerprint density at radius 3 is 0.500 bits per heavy atom. The normalized spacial score (nSPS) is 0. The fraction of sp³-hybridized carbons (Fsp3) is 0. The van der Waals surface area contributed by atoms with Crippen LogP contribution in [0.25, 0.3) is 0 Å². The van der Waals surface area contributed by atoms with Gasteiger partial charge in [0.25, 0.3) is 0 Å². The quantitative estimate of drug-likeness (QED) is 0.548. The van der Waals surface area contributed by atoms with E-state index in [9.17, 15) is 0 Å². The molecule has 0 radical (unpaired) electrons. The number of hydrogen-bond acceptors (Lipinski definition) is 0. The van der Waals surface area contributed by atoms with E-state index in [1.54, 1.807) is 0 Å². The summed E-state index contributed by atoms with van der Waals surface area (Å²) in [6.07, 6.45) is 0. The van der Waals surface area contributed by atoms with Crippen molar-refractivity contribution in [2.75, 3.05) is 0 Å². The Balaban J connectivity index is 0. The Morgan fingerprint density at radius 1 is 0.500 bits per heavy atom.